The molecule has 1 aliphatic rings. The summed E-state index contributed by atoms with van der Waals surface area (Å²) in [4.78, 5) is 26.4. The van der Waals surface area contributed by atoms with Gasteiger partial charge in [-0.1, -0.05) is 23.4 Å². The number of nitrogens with one attached hydrogen (secondary N) is 1. The Morgan fingerprint density at radius 1 is 1.46 bits per heavy atom. The topological polar surface area (TPSA) is 75.4 Å². The van der Waals surface area contributed by atoms with Crippen LogP contribution in [0, 0.1) is 12.7 Å². The summed E-state index contributed by atoms with van der Waals surface area (Å²) in [7, 11) is 1.66. The van der Waals surface area contributed by atoms with Crippen molar-refractivity contribution in [2.75, 3.05) is 12.8 Å². The summed E-state index contributed by atoms with van der Waals surface area (Å²) in [6.45, 7) is 2.10. The molecule has 138 valence electrons. The predicted molar refractivity (Wildman–Crippen MR) is 96.0 cm³/mol. The van der Waals surface area contributed by atoms with Crippen molar-refractivity contribution in [3.8, 4) is 0 Å². The molecule has 6 nitrogen and oxygen atoms in total. The van der Waals surface area contributed by atoms with Crippen LogP contribution < -0.4 is 5.32 Å². The number of carbonyl (C=O) groups is 2. The molecule has 0 spiro atoms. The molecule has 2 atom stereocenters. The maximum atomic E-state index is 13.8. The first-order valence-electron chi connectivity index (χ1n) is 8.26. The molecule has 1 N–H and O–H groups in total. The lowest BCUT2D eigenvalue weighted by atomic mass is 10.1. The van der Waals surface area contributed by atoms with Crippen molar-refractivity contribution < 1.29 is 18.5 Å². The lowest BCUT2D eigenvalue weighted by Gasteiger charge is -2.30. The quantitative estimate of drug-likeness (QED) is 0.862. The van der Waals surface area contributed by atoms with Gasteiger partial charge in [0.1, 0.15) is 23.3 Å². The van der Waals surface area contributed by atoms with Gasteiger partial charge in [-0.2, -0.15) is 0 Å². The van der Waals surface area contributed by atoms with E-state index in [-0.39, 0.29) is 17.6 Å². The Kier molecular flexibility index (Phi) is 5.61. The summed E-state index contributed by atoms with van der Waals surface area (Å²) >= 11 is 1.38. The van der Waals surface area contributed by atoms with Crippen molar-refractivity contribution in [3.63, 3.8) is 0 Å². The molecule has 1 fully saturated rings. The molecule has 3 rings (SSSR count). The number of thioether (sulfide) groups is 1. The molecule has 0 bridgehead atoms. The second-order valence-electron chi connectivity index (χ2n) is 6.30. The minimum atomic E-state index is -0.595. The number of likely N-dealkylation sites (N-methyl/N-ethyl adjacent to an activating group) is 1. The smallest absolute Gasteiger partial charge is 0.246 e. The molecule has 0 aliphatic carbocycles. The lowest BCUT2D eigenvalue weighted by Crippen LogP contribution is -2.54. The number of rotatable bonds is 5. The van der Waals surface area contributed by atoms with E-state index in [0.717, 1.165) is 0 Å². The van der Waals surface area contributed by atoms with Crippen molar-refractivity contribution in [2.45, 2.75) is 31.2 Å². The minimum Gasteiger partial charge on any atom is -0.361 e. The Morgan fingerprint density at radius 2 is 2.23 bits per heavy atom. The van der Waals surface area contributed by atoms with Crippen LogP contribution in [-0.4, -0.2) is 46.0 Å². The Balaban J connectivity index is 1.56. The third-order valence-electron chi connectivity index (χ3n) is 4.19. The number of amides is 2. The highest BCUT2D eigenvalue weighted by molar-refractivity contribution is 8.00. The summed E-state index contributed by atoms with van der Waals surface area (Å²) < 4.78 is 18.8. The fourth-order valence-corrected chi connectivity index (χ4v) is 3.99. The van der Waals surface area contributed by atoms with E-state index in [0.29, 0.717) is 35.7 Å². The van der Waals surface area contributed by atoms with Gasteiger partial charge in [-0.3, -0.25) is 9.59 Å². The third-order valence-corrected chi connectivity index (χ3v) is 5.50. The lowest BCUT2D eigenvalue weighted by molar-refractivity contribution is -0.135. The first-order valence-corrected chi connectivity index (χ1v) is 9.31. The van der Waals surface area contributed by atoms with Crippen LogP contribution in [0.4, 0.5) is 4.39 Å². The van der Waals surface area contributed by atoms with Crippen LogP contribution in [0.3, 0.4) is 0 Å². The summed E-state index contributed by atoms with van der Waals surface area (Å²) in [5.41, 5.74) is 1.16. The second-order valence-corrected chi connectivity index (χ2v) is 7.54. The van der Waals surface area contributed by atoms with Crippen LogP contribution in [0.25, 0.3) is 0 Å². The molecule has 0 saturated carbocycles. The van der Waals surface area contributed by atoms with Gasteiger partial charge < -0.3 is 14.7 Å². The van der Waals surface area contributed by atoms with Crippen LogP contribution >= 0.6 is 11.8 Å². The van der Waals surface area contributed by atoms with Crippen molar-refractivity contribution in [3.05, 3.63) is 53.2 Å². The highest BCUT2D eigenvalue weighted by Gasteiger charge is 2.34. The molecule has 2 heterocycles. The van der Waals surface area contributed by atoms with E-state index in [1.54, 1.807) is 38.2 Å². The van der Waals surface area contributed by atoms with E-state index < -0.39 is 11.3 Å². The molecular weight excluding hydrogens is 357 g/mol. The van der Waals surface area contributed by atoms with E-state index in [4.69, 9.17) is 4.52 Å². The van der Waals surface area contributed by atoms with Gasteiger partial charge >= 0.3 is 0 Å². The van der Waals surface area contributed by atoms with Crippen molar-refractivity contribution >= 4 is 23.6 Å². The van der Waals surface area contributed by atoms with Crippen molar-refractivity contribution in [2.24, 2.45) is 0 Å². The summed E-state index contributed by atoms with van der Waals surface area (Å²) in [6, 6.07) is 7.59. The predicted octanol–water partition coefficient (Wildman–Crippen LogP) is 1.92. The van der Waals surface area contributed by atoms with Crippen LogP contribution in [-0.2, 0) is 22.6 Å². The number of hydrogen-bond donors (Lipinski definition) is 1. The van der Waals surface area contributed by atoms with E-state index in [2.05, 4.69) is 10.5 Å². The third kappa shape index (κ3) is 4.24. The fraction of sp³-hybridized carbons (Fsp3) is 0.389. The SMILES string of the molecule is Cc1cc(CN(C)C(=O)[C@H]2CS[C@@H](Cc3ccccc3F)C(=O)N2)no1. The zero-order valence-corrected chi connectivity index (χ0v) is 15.4. The molecule has 26 heavy (non-hydrogen) atoms. The molecule has 2 amide bonds. The molecule has 0 unspecified atom stereocenters. The van der Waals surface area contributed by atoms with Crippen LogP contribution in [0.2, 0.25) is 0 Å². The Bertz CT molecular complexity index is 810. The highest BCUT2D eigenvalue weighted by atomic mass is 32.2. The zero-order chi connectivity index (χ0) is 18.7. The van der Waals surface area contributed by atoms with Gasteiger partial charge in [0.15, 0.2) is 0 Å². The number of hydrogen-bond acceptors (Lipinski definition) is 5. The van der Waals surface area contributed by atoms with Crippen molar-refractivity contribution in [1.29, 1.82) is 0 Å². The largest absolute Gasteiger partial charge is 0.361 e. The number of nitrogens with zero attached hydrogens (tertiary/aromatic N) is 2. The van der Waals surface area contributed by atoms with E-state index in [9.17, 15) is 14.0 Å². The Hall–Kier alpha value is -2.35. The molecule has 1 aliphatic heterocycles. The number of halogens is 1. The molecule has 1 saturated heterocycles. The number of aromatic nitrogens is 1. The Labute approximate surface area is 155 Å². The van der Waals surface area contributed by atoms with Crippen LogP contribution in [0.15, 0.2) is 34.9 Å². The molecular formula is C18H20FN3O3S. The van der Waals surface area contributed by atoms with Gasteiger partial charge in [0.05, 0.1) is 11.8 Å². The molecule has 1 aromatic carbocycles. The van der Waals surface area contributed by atoms with Crippen LogP contribution in [0.1, 0.15) is 17.0 Å². The molecule has 0 radical (unpaired) electrons. The van der Waals surface area contributed by atoms with E-state index in [1.807, 2.05) is 0 Å². The standard InChI is InChI=1S/C18H20FN3O3S/c1-11-7-13(21-25-11)9-22(2)18(24)15-10-26-16(17(23)20-15)8-12-5-3-4-6-14(12)19/h3-7,15-16H,8-10H2,1-2H3,(H,20,23)/t15-,16+/m1/s1. The summed E-state index contributed by atoms with van der Waals surface area (Å²) in [5.74, 6) is 0.385. The zero-order valence-electron chi connectivity index (χ0n) is 14.6. The van der Waals surface area contributed by atoms with Crippen molar-refractivity contribution in [1.82, 2.24) is 15.4 Å². The average molecular weight is 377 g/mol. The molecule has 2 aromatic rings. The summed E-state index contributed by atoms with van der Waals surface area (Å²) in [5, 5.41) is 6.23. The van der Waals surface area contributed by atoms with Gasteiger partial charge in [0.2, 0.25) is 11.8 Å². The second kappa shape index (κ2) is 7.90. The first-order chi connectivity index (χ1) is 12.4. The summed E-state index contributed by atoms with van der Waals surface area (Å²) in [6.07, 6.45) is 0.304. The van der Waals surface area contributed by atoms with Gasteiger partial charge in [0, 0.05) is 18.9 Å². The normalized spacial score (nSPS) is 19.9. The first kappa shape index (κ1) is 18.4. The number of aryl methyl sites for hydroxylation is 1. The van der Waals surface area contributed by atoms with E-state index in [1.165, 1.54) is 22.7 Å². The number of benzene rings is 1. The molecule has 1 aromatic heterocycles. The highest BCUT2D eigenvalue weighted by Crippen LogP contribution is 2.24. The minimum absolute atomic E-state index is 0.184. The number of carbonyl (C=O) groups excluding carboxylic acids is 2. The van der Waals surface area contributed by atoms with E-state index >= 15 is 0 Å². The fourth-order valence-electron chi connectivity index (χ4n) is 2.82. The molecule has 8 heteroatoms. The van der Waals surface area contributed by atoms with Gasteiger partial charge in [0.25, 0.3) is 0 Å². The maximum absolute atomic E-state index is 13.8. The Morgan fingerprint density at radius 3 is 2.88 bits per heavy atom. The van der Waals surface area contributed by atoms with Crippen LogP contribution in [0.5, 0.6) is 0 Å². The van der Waals surface area contributed by atoms with Gasteiger partial charge in [-0.25, -0.2) is 4.39 Å². The monoisotopic (exact) mass is 377 g/mol. The van der Waals surface area contributed by atoms with Gasteiger partial charge in [-0.15, -0.1) is 11.8 Å². The average Bonchev–Trinajstić information content (AvgIpc) is 3.02. The van der Waals surface area contributed by atoms with Gasteiger partial charge in [-0.05, 0) is 25.0 Å². The maximum Gasteiger partial charge on any atom is 0.246 e.